The first-order valence-corrected chi connectivity index (χ1v) is 12.6. The van der Waals surface area contributed by atoms with Crippen LogP contribution in [0.3, 0.4) is 0 Å². The van der Waals surface area contributed by atoms with Gasteiger partial charge in [-0.25, -0.2) is 0 Å². The number of nitrogens with one attached hydrogen (secondary N) is 3. The summed E-state index contributed by atoms with van der Waals surface area (Å²) < 4.78 is 0. The van der Waals surface area contributed by atoms with E-state index >= 15 is 0 Å². The number of amides is 3. The summed E-state index contributed by atoms with van der Waals surface area (Å²) in [6.45, 7) is 0.234. The second-order valence-electron chi connectivity index (χ2n) is 8.97. The molecule has 0 aliphatic carbocycles. The van der Waals surface area contributed by atoms with Gasteiger partial charge in [0.25, 0.3) is 17.7 Å². The molecule has 0 saturated carbocycles. The van der Waals surface area contributed by atoms with Crippen LogP contribution in [-0.4, -0.2) is 45.3 Å². The SMILES string of the molecule is O=C(NNC(=S)NC(CCN1C(=O)c2ccccc2C1=O)Cc1ccccc1)c1ccc2cnccc2c1. The maximum absolute atomic E-state index is 12.8. The third-order valence-electron chi connectivity index (χ3n) is 6.43. The smallest absolute Gasteiger partial charge is 0.269 e. The summed E-state index contributed by atoms with van der Waals surface area (Å²) in [5, 5.41) is 5.30. The zero-order valence-electron chi connectivity index (χ0n) is 20.4. The van der Waals surface area contributed by atoms with Gasteiger partial charge in [0.1, 0.15) is 0 Å². The molecule has 1 aromatic heterocycles. The lowest BCUT2D eigenvalue weighted by molar-refractivity contribution is 0.0648. The number of fused-ring (bicyclic) bond motifs is 2. The molecule has 38 heavy (non-hydrogen) atoms. The van der Waals surface area contributed by atoms with Crippen LogP contribution in [0.15, 0.2) is 91.3 Å². The fourth-order valence-corrected chi connectivity index (χ4v) is 4.70. The van der Waals surface area contributed by atoms with Gasteiger partial charge in [-0.15, -0.1) is 0 Å². The van der Waals surface area contributed by atoms with Crippen molar-refractivity contribution in [1.82, 2.24) is 26.1 Å². The standard InChI is InChI=1S/C29H25N5O3S/c35-26(21-10-11-22-18-30-14-12-20(22)17-21)32-33-29(38)31-23(16-19-6-2-1-3-7-19)13-15-34-27(36)24-8-4-5-9-25(24)28(34)37/h1-12,14,17-18,23H,13,15-16H2,(H,32,35)(H2,31,33,38). The third kappa shape index (κ3) is 5.52. The van der Waals surface area contributed by atoms with Crippen LogP contribution in [-0.2, 0) is 6.42 Å². The van der Waals surface area contributed by atoms with E-state index in [0.717, 1.165) is 16.3 Å². The Morgan fingerprint density at radius 3 is 2.32 bits per heavy atom. The molecule has 1 atom stereocenters. The quantitative estimate of drug-likeness (QED) is 0.193. The number of hydrogen-bond acceptors (Lipinski definition) is 5. The van der Waals surface area contributed by atoms with Crippen LogP contribution in [0, 0.1) is 0 Å². The van der Waals surface area contributed by atoms with Crippen molar-refractivity contribution < 1.29 is 14.4 Å². The maximum atomic E-state index is 12.8. The Balaban J connectivity index is 1.21. The predicted octanol–water partition coefficient (Wildman–Crippen LogP) is 3.64. The van der Waals surface area contributed by atoms with Crippen molar-refractivity contribution in [1.29, 1.82) is 0 Å². The molecule has 1 aliphatic rings. The molecule has 4 aromatic rings. The first kappa shape index (κ1) is 25.0. The summed E-state index contributed by atoms with van der Waals surface area (Å²) in [4.78, 5) is 43.6. The van der Waals surface area contributed by atoms with Gasteiger partial charge in [0.15, 0.2) is 5.11 Å². The Hall–Kier alpha value is -4.63. The second kappa shape index (κ2) is 11.2. The highest BCUT2D eigenvalue weighted by Crippen LogP contribution is 2.23. The van der Waals surface area contributed by atoms with Gasteiger partial charge in [0.05, 0.1) is 11.1 Å². The van der Waals surface area contributed by atoms with E-state index in [2.05, 4.69) is 21.2 Å². The van der Waals surface area contributed by atoms with Gasteiger partial charge in [-0.3, -0.25) is 35.1 Å². The number of thiocarbonyl (C=S) groups is 1. The van der Waals surface area contributed by atoms with Crippen molar-refractivity contribution in [2.45, 2.75) is 18.9 Å². The summed E-state index contributed by atoms with van der Waals surface area (Å²) in [5.41, 5.74) is 7.80. The molecule has 1 aliphatic heterocycles. The number of rotatable bonds is 7. The number of carbonyl (C=O) groups excluding carboxylic acids is 3. The Kier molecular flexibility index (Phi) is 7.37. The van der Waals surface area contributed by atoms with Crippen LogP contribution in [0.4, 0.5) is 0 Å². The van der Waals surface area contributed by atoms with E-state index in [9.17, 15) is 14.4 Å². The van der Waals surface area contributed by atoms with Gasteiger partial charge in [0.2, 0.25) is 0 Å². The Morgan fingerprint density at radius 2 is 1.58 bits per heavy atom. The van der Waals surface area contributed by atoms with Crippen LogP contribution < -0.4 is 16.2 Å². The molecule has 8 nitrogen and oxygen atoms in total. The monoisotopic (exact) mass is 523 g/mol. The number of aromatic nitrogens is 1. The highest BCUT2D eigenvalue weighted by molar-refractivity contribution is 7.80. The number of imide groups is 1. The molecule has 1 unspecified atom stereocenters. The van der Waals surface area contributed by atoms with Crippen LogP contribution in [0.2, 0.25) is 0 Å². The van der Waals surface area contributed by atoms with E-state index in [-0.39, 0.29) is 35.4 Å². The molecule has 9 heteroatoms. The third-order valence-corrected chi connectivity index (χ3v) is 6.65. The molecule has 3 amide bonds. The van der Waals surface area contributed by atoms with Crippen LogP contribution >= 0.6 is 12.2 Å². The minimum Gasteiger partial charge on any atom is -0.358 e. The summed E-state index contributed by atoms with van der Waals surface area (Å²) in [5.74, 6) is -0.912. The molecule has 2 heterocycles. The van der Waals surface area contributed by atoms with Crippen LogP contribution in [0.1, 0.15) is 43.1 Å². The Labute approximate surface area is 225 Å². The predicted molar refractivity (Wildman–Crippen MR) is 148 cm³/mol. The van der Waals surface area contributed by atoms with Gasteiger partial charge in [-0.2, -0.15) is 0 Å². The molecular weight excluding hydrogens is 498 g/mol. The van der Waals surface area contributed by atoms with Gasteiger partial charge in [0, 0.05) is 35.9 Å². The summed E-state index contributed by atoms with van der Waals surface area (Å²) >= 11 is 5.45. The fraction of sp³-hybridized carbons (Fsp3) is 0.138. The minimum absolute atomic E-state index is 0.202. The van der Waals surface area contributed by atoms with Crippen LogP contribution in [0.5, 0.6) is 0 Å². The molecule has 5 rings (SSSR count). The highest BCUT2D eigenvalue weighted by atomic mass is 32.1. The highest BCUT2D eigenvalue weighted by Gasteiger charge is 2.35. The van der Waals surface area contributed by atoms with Crippen molar-refractivity contribution in [3.05, 3.63) is 114 Å². The van der Waals surface area contributed by atoms with E-state index in [1.165, 1.54) is 4.90 Å². The average Bonchev–Trinajstić information content (AvgIpc) is 3.19. The summed E-state index contributed by atoms with van der Waals surface area (Å²) in [7, 11) is 0. The molecule has 0 spiro atoms. The second-order valence-corrected chi connectivity index (χ2v) is 9.38. The number of nitrogens with zero attached hydrogens (tertiary/aromatic N) is 2. The lowest BCUT2D eigenvalue weighted by Crippen LogP contribution is -2.50. The van der Waals surface area contributed by atoms with Crippen molar-refractivity contribution in [3.8, 4) is 0 Å². The van der Waals surface area contributed by atoms with E-state index < -0.39 is 0 Å². The number of carbonyl (C=O) groups is 3. The average molecular weight is 524 g/mol. The first-order chi connectivity index (χ1) is 18.5. The molecule has 190 valence electrons. The van der Waals surface area contributed by atoms with Crippen molar-refractivity contribution in [2.24, 2.45) is 0 Å². The fourth-order valence-electron chi connectivity index (χ4n) is 4.48. The number of hydrazine groups is 1. The normalized spacial score (nSPS) is 13.2. The van der Waals surface area contributed by atoms with E-state index in [0.29, 0.717) is 29.5 Å². The number of benzene rings is 3. The zero-order valence-corrected chi connectivity index (χ0v) is 21.2. The van der Waals surface area contributed by atoms with Crippen molar-refractivity contribution >= 4 is 45.8 Å². The number of hydrogen-bond donors (Lipinski definition) is 3. The lowest BCUT2D eigenvalue weighted by Gasteiger charge is -2.23. The van der Waals surface area contributed by atoms with E-state index in [4.69, 9.17) is 12.2 Å². The zero-order chi connectivity index (χ0) is 26.5. The topological polar surface area (TPSA) is 103 Å². The van der Waals surface area contributed by atoms with Gasteiger partial charge in [-0.05, 0) is 66.3 Å². The molecule has 0 saturated heterocycles. The molecule has 0 bridgehead atoms. The van der Waals surface area contributed by atoms with Gasteiger partial charge < -0.3 is 5.32 Å². The van der Waals surface area contributed by atoms with Crippen LogP contribution in [0.25, 0.3) is 10.8 Å². The van der Waals surface area contributed by atoms with Gasteiger partial charge in [-0.1, -0.05) is 48.5 Å². The lowest BCUT2D eigenvalue weighted by atomic mass is 10.0. The largest absolute Gasteiger partial charge is 0.358 e. The molecule has 0 radical (unpaired) electrons. The summed E-state index contributed by atoms with van der Waals surface area (Å²) in [6, 6.07) is 23.7. The molecule has 0 fully saturated rings. The number of pyridine rings is 1. The molecule has 3 N–H and O–H groups in total. The van der Waals surface area contributed by atoms with Crippen molar-refractivity contribution in [2.75, 3.05) is 6.54 Å². The molecular formula is C29H25N5O3S. The van der Waals surface area contributed by atoms with Gasteiger partial charge >= 0.3 is 0 Å². The Bertz CT molecular complexity index is 1490. The van der Waals surface area contributed by atoms with E-state index in [1.54, 1.807) is 48.8 Å². The molecule has 3 aromatic carbocycles. The van der Waals surface area contributed by atoms with Crippen molar-refractivity contribution in [3.63, 3.8) is 0 Å². The Morgan fingerprint density at radius 1 is 0.868 bits per heavy atom. The summed E-state index contributed by atoms with van der Waals surface area (Å²) in [6.07, 6.45) is 4.49. The minimum atomic E-state index is -0.335. The van der Waals surface area contributed by atoms with E-state index in [1.807, 2.05) is 42.5 Å². The first-order valence-electron chi connectivity index (χ1n) is 12.2. The maximum Gasteiger partial charge on any atom is 0.269 e.